The maximum absolute atomic E-state index is 10.2. The molecule has 0 spiro atoms. The number of benzene rings is 3. The first kappa shape index (κ1) is 15.7. The third-order valence-electron chi connectivity index (χ3n) is 3.77. The highest BCUT2D eigenvalue weighted by molar-refractivity contribution is 7.55. The number of aromatic hydroxyl groups is 1. The molecule has 3 rings (SSSR count). The van der Waals surface area contributed by atoms with Gasteiger partial charge in [-0.15, -0.1) is 0 Å². The molecule has 23 heavy (non-hydrogen) atoms. The number of hydrogen-bond acceptors (Lipinski definition) is 2. The number of aliphatic hydroxyl groups excluding tert-OH is 1. The molecule has 0 saturated heterocycles. The van der Waals surface area contributed by atoms with Crippen LogP contribution in [0.15, 0.2) is 72.8 Å². The molecule has 1 unspecified atom stereocenters. The van der Waals surface area contributed by atoms with Crippen LogP contribution in [-0.2, 0) is 13.0 Å². The highest BCUT2D eigenvalue weighted by Crippen LogP contribution is 2.22. The maximum atomic E-state index is 10.2. The molecule has 3 heteroatoms. The van der Waals surface area contributed by atoms with Crippen molar-refractivity contribution < 1.29 is 10.2 Å². The molecule has 0 bridgehead atoms. The Morgan fingerprint density at radius 2 is 1.48 bits per heavy atom. The van der Waals surface area contributed by atoms with E-state index < -0.39 is 0 Å². The van der Waals surface area contributed by atoms with Crippen LogP contribution in [0.3, 0.4) is 0 Å². The van der Waals surface area contributed by atoms with Crippen LogP contribution in [0.2, 0.25) is 0 Å². The third-order valence-corrected chi connectivity index (χ3v) is 5.20. The van der Waals surface area contributed by atoms with Gasteiger partial charge in [0.2, 0.25) is 0 Å². The number of phenols is 1. The Kier molecular flexibility index (Phi) is 5.07. The fourth-order valence-electron chi connectivity index (χ4n) is 2.55. The second kappa shape index (κ2) is 7.41. The molecule has 0 heterocycles. The topological polar surface area (TPSA) is 40.5 Å². The molecule has 1 atom stereocenters. The summed E-state index contributed by atoms with van der Waals surface area (Å²) in [6.07, 6.45) is 0.847. The Labute approximate surface area is 138 Å². The predicted octanol–water partition coefficient (Wildman–Crippen LogP) is 3.10. The van der Waals surface area contributed by atoms with E-state index in [0.29, 0.717) is 14.3 Å². The van der Waals surface area contributed by atoms with Crippen molar-refractivity contribution in [1.82, 2.24) is 0 Å². The largest absolute Gasteiger partial charge is 0.507 e. The smallest absolute Gasteiger partial charge is 0.123 e. The number of rotatable bonds is 5. The predicted molar refractivity (Wildman–Crippen MR) is 97.3 cm³/mol. The first-order valence-corrected chi connectivity index (χ1v) is 8.58. The van der Waals surface area contributed by atoms with Crippen LogP contribution in [0.25, 0.3) is 0 Å². The third kappa shape index (κ3) is 3.98. The molecule has 2 nitrogen and oxygen atoms in total. The number of aliphatic hydroxyl groups is 1. The minimum atomic E-state index is 0.0215. The number of hydrogen-bond donors (Lipinski definition) is 2. The van der Waals surface area contributed by atoms with Gasteiger partial charge in [0.25, 0.3) is 0 Å². The van der Waals surface area contributed by atoms with E-state index in [1.807, 2.05) is 48.5 Å². The second-order valence-electron chi connectivity index (χ2n) is 5.45. The zero-order valence-corrected chi connectivity index (χ0v) is 13.7. The average molecular weight is 322 g/mol. The average Bonchev–Trinajstić information content (AvgIpc) is 2.59. The standard InChI is InChI=1S/C20H19O2P/c21-14-17-8-4-5-9-19(17)23-20-13-16(10-11-18(20)22)12-15-6-2-1-3-7-15/h1-11,13,21-23H,12,14H2. The maximum Gasteiger partial charge on any atom is 0.123 e. The van der Waals surface area contributed by atoms with E-state index in [0.717, 1.165) is 22.6 Å². The molecule has 0 aliphatic heterocycles. The minimum absolute atomic E-state index is 0.0215. The van der Waals surface area contributed by atoms with Crippen molar-refractivity contribution in [2.45, 2.75) is 13.0 Å². The highest BCUT2D eigenvalue weighted by atomic mass is 31.1. The van der Waals surface area contributed by atoms with Gasteiger partial charge in [0.05, 0.1) is 6.61 Å². The van der Waals surface area contributed by atoms with E-state index in [1.54, 1.807) is 6.07 Å². The quantitative estimate of drug-likeness (QED) is 0.709. The van der Waals surface area contributed by atoms with E-state index in [1.165, 1.54) is 11.1 Å². The molecular formula is C20H19O2P. The van der Waals surface area contributed by atoms with Gasteiger partial charge in [-0.2, -0.15) is 0 Å². The van der Waals surface area contributed by atoms with Gasteiger partial charge < -0.3 is 10.2 Å². The zero-order valence-electron chi connectivity index (χ0n) is 12.7. The van der Waals surface area contributed by atoms with E-state index in [2.05, 4.69) is 18.2 Å². The van der Waals surface area contributed by atoms with E-state index >= 15 is 0 Å². The summed E-state index contributed by atoms with van der Waals surface area (Å²) in [5.74, 6) is 0.313. The lowest BCUT2D eigenvalue weighted by Gasteiger charge is -2.11. The van der Waals surface area contributed by atoms with Gasteiger partial charge in [0.1, 0.15) is 5.75 Å². The van der Waals surface area contributed by atoms with Gasteiger partial charge in [-0.1, -0.05) is 69.2 Å². The summed E-state index contributed by atoms with van der Waals surface area (Å²) >= 11 is 0. The fourth-order valence-corrected chi connectivity index (χ4v) is 3.81. The Hall–Kier alpha value is -2.15. The second-order valence-corrected chi connectivity index (χ2v) is 6.78. The Balaban J connectivity index is 1.86. The van der Waals surface area contributed by atoms with Crippen molar-refractivity contribution in [2.75, 3.05) is 0 Å². The van der Waals surface area contributed by atoms with Crippen LogP contribution < -0.4 is 10.6 Å². The molecule has 2 N–H and O–H groups in total. The summed E-state index contributed by atoms with van der Waals surface area (Å²) in [5, 5.41) is 21.6. The van der Waals surface area contributed by atoms with Gasteiger partial charge in [-0.25, -0.2) is 0 Å². The minimum Gasteiger partial charge on any atom is -0.507 e. The molecule has 0 aromatic heterocycles. The van der Waals surface area contributed by atoms with Crippen molar-refractivity contribution in [3.63, 3.8) is 0 Å². The van der Waals surface area contributed by atoms with Crippen molar-refractivity contribution in [3.8, 4) is 5.75 Å². The van der Waals surface area contributed by atoms with Gasteiger partial charge in [-0.3, -0.25) is 0 Å². The molecule has 116 valence electrons. The van der Waals surface area contributed by atoms with Crippen molar-refractivity contribution in [1.29, 1.82) is 0 Å². The van der Waals surface area contributed by atoms with Crippen LogP contribution in [-0.4, -0.2) is 10.2 Å². The highest BCUT2D eigenvalue weighted by Gasteiger charge is 2.08. The molecule has 0 aliphatic carbocycles. The summed E-state index contributed by atoms with van der Waals surface area (Å²) in [5.41, 5.74) is 3.35. The lowest BCUT2D eigenvalue weighted by atomic mass is 10.1. The normalized spacial score (nSPS) is 11.2. The molecule has 3 aromatic rings. The molecule has 0 aliphatic rings. The monoisotopic (exact) mass is 322 g/mol. The molecule has 3 aromatic carbocycles. The Morgan fingerprint density at radius 3 is 2.26 bits per heavy atom. The van der Waals surface area contributed by atoms with Crippen LogP contribution in [0.4, 0.5) is 0 Å². The van der Waals surface area contributed by atoms with Gasteiger partial charge >= 0.3 is 0 Å². The molecule has 0 radical (unpaired) electrons. The van der Waals surface area contributed by atoms with Crippen LogP contribution in [0, 0.1) is 0 Å². The molecule has 0 saturated carbocycles. The lowest BCUT2D eigenvalue weighted by Crippen LogP contribution is -2.10. The van der Waals surface area contributed by atoms with Crippen LogP contribution in [0.5, 0.6) is 5.75 Å². The summed E-state index contributed by atoms with van der Waals surface area (Å²) in [6.45, 7) is 0.0215. The van der Waals surface area contributed by atoms with E-state index in [-0.39, 0.29) is 6.61 Å². The van der Waals surface area contributed by atoms with Crippen LogP contribution in [0.1, 0.15) is 16.7 Å². The van der Waals surface area contributed by atoms with Crippen LogP contribution >= 0.6 is 8.58 Å². The summed E-state index contributed by atoms with van der Waals surface area (Å²) in [4.78, 5) is 0. The van der Waals surface area contributed by atoms with Crippen molar-refractivity contribution in [2.24, 2.45) is 0 Å². The first-order valence-electron chi connectivity index (χ1n) is 7.58. The lowest BCUT2D eigenvalue weighted by molar-refractivity contribution is 0.283. The van der Waals surface area contributed by atoms with E-state index in [9.17, 15) is 10.2 Å². The summed E-state index contributed by atoms with van der Waals surface area (Å²) in [7, 11) is 0.328. The van der Waals surface area contributed by atoms with Gasteiger partial charge in [0, 0.05) is 5.30 Å². The summed E-state index contributed by atoms with van der Waals surface area (Å²) in [6, 6.07) is 23.9. The molecular weight excluding hydrogens is 303 g/mol. The molecule has 0 amide bonds. The van der Waals surface area contributed by atoms with Gasteiger partial charge in [0.15, 0.2) is 0 Å². The molecule has 0 fully saturated rings. The first-order chi connectivity index (χ1) is 11.3. The number of phenolic OH excluding ortho intramolecular Hbond substituents is 1. The van der Waals surface area contributed by atoms with E-state index in [4.69, 9.17) is 0 Å². The Bertz CT molecular complexity index is 785. The van der Waals surface area contributed by atoms with Crippen molar-refractivity contribution in [3.05, 3.63) is 89.5 Å². The SMILES string of the molecule is OCc1ccccc1Pc1cc(Cc2ccccc2)ccc1O. The zero-order chi connectivity index (χ0) is 16.1. The summed E-state index contributed by atoms with van der Waals surface area (Å²) < 4.78 is 0. The Morgan fingerprint density at radius 1 is 0.739 bits per heavy atom. The van der Waals surface area contributed by atoms with Crippen molar-refractivity contribution >= 4 is 19.2 Å². The van der Waals surface area contributed by atoms with Gasteiger partial charge in [-0.05, 0) is 40.5 Å². The fraction of sp³-hybridized carbons (Fsp3) is 0.100.